The Bertz CT molecular complexity index is 335. The van der Waals surface area contributed by atoms with Crippen molar-refractivity contribution in [3.8, 4) is 0 Å². The molecular weight excluding hydrogens is 232 g/mol. The summed E-state index contributed by atoms with van der Waals surface area (Å²) in [6.07, 6.45) is 1.43. The molecule has 1 rings (SSSR count). The van der Waals surface area contributed by atoms with Crippen molar-refractivity contribution in [3.63, 3.8) is 0 Å². The third-order valence-corrected chi connectivity index (χ3v) is 4.69. The topological polar surface area (TPSA) is 74.6 Å². The van der Waals surface area contributed by atoms with Gasteiger partial charge in [0.1, 0.15) is 0 Å². The van der Waals surface area contributed by atoms with E-state index in [0.29, 0.717) is 19.3 Å². The molecule has 4 nitrogen and oxygen atoms in total. The molecule has 0 aromatic carbocycles. The molecule has 18 heavy (non-hydrogen) atoms. The van der Waals surface area contributed by atoms with Crippen LogP contribution in [0.3, 0.4) is 0 Å². The number of hydrogen-bond donors (Lipinski definition) is 2. The van der Waals surface area contributed by atoms with Gasteiger partial charge in [0.15, 0.2) is 0 Å². The molecule has 1 saturated carbocycles. The van der Waals surface area contributed by atoms with Gasteiger partial charge in [0.25, 0.3) is 0 Å². The summed E-state index contributed by atoms with van der Waals surface area (Å²) in [5.41, 5.74) is -0.764. The van der Waals surface area contributed by atoms with E-state index in [9.17, 15) is 14.7 Å². The van der Waals surface area contributed by atoms with Crippen LogP contribution in [0, 0.1) is 29.1 Å². The van der Waals surface area contributed by atoms with Crippen molar-refractivity contribution in [3.05, 3.63) is 0 Å². The number of rotatable bonds is 4. The van der Waals surface area contributed by atoms with E-state index in [0.717, 1.165) is 0 Å². The van der Waals surface area contributed by atoms with Crippen LogP contribution in [0.15, 0.2) is 0 Å². The lowest BCUT2D eigenvalue weighted by molar-refractivity contribution is -0.167. The lowest BCUT2D eigenvalue weighted by Crippen LogP contribution is -2.49. The van der Waals surface area contributed by atoms with Gasteiger partial charge in [0.2, 0.25) is 0 Å². The van der Waals surface area contributed by atoms with Gasteiger partial charge in [-0.3, -0.25) is 9.59 Å². The van der Waals surface area contributed by atoms with Gasteiger partial charge in [-0.15, -0.1) is 0 Å². The maximum Gasteiger partial charge on any atom is 0.310 e. The van der Waals surface area contributed by atoms with Crippen LogP contribution >= 0.6 is 0 Å². The fourth-order valence-electron chi connectivity index (χ4n) is 3.55. The minimum atomic E-state index is -0.789. The summed E-state index contributed by atoms with van der Waals surface area (Å²) in [5.74, 6) is -1.79. The number of carbonyl (C=O) groups is 2. The zero-order valence-electron chi connectivity index (χ0n) is 11.6. The lowest BCUT2D eigenvalue weighted by atomic mass is 9.55. The van der Waals surface area contributed by atoms with Gasteiger partial charge in [-0.2, -0.15) is 0 Å². The molecule has 104 valence electrons. The second-order valence-corrected chi connectivity index (χ2v) is 6.16. The van der Waals surface area contributed by atoms with Gasteiger partial charge in [-0.25, -0.2) is 0 Å². The third-order valence-electron chi connectivity index (χ3n) is 4.69. The predicted molar refractivity (Wildman–Crippen MR) is 68.2 cm³/mol. The van der Waals surface area contributed by atoms with Crippen molar-refractivity contribution in [1.82, 2.24) is 0 Å². The predicted octanol–water partition coefficient (Wildman–Crippen LogP) is 2.87. The second kappa shape index (κ2) is 5.29. The highest BCUT2D eigenvalue weighted by Crippen LogP contribution is 2.51. The van der Waals surface area contributed by atoms with Crippen LogP contribution in [0.4, 0.5) is 0 Å². The normalized spacial score (nSPS) is 32.8. The first-order chi connectivity index (χ1) is 8.23. The molecule has 1 aliphatic carbocycles. The molecule has 3 atom stereocenters. The average molecular weight is 256 g/mol. The minimum Gasteiger partial charge on any atom is -0.481 e. The Balaban J connectivity index is 3.11. The van der Waals surface area contributed by atoms with Crippen molar-refractivity contribution in [2.75, 3.05) is 0 Å². The Morgan fingerprint density at radius 2 is 1.72 bits per heavy atom. The summed E-state index contributed by atoms with van der Waals surface area (Å²) in [7, 11) is 0. The first-order valence-electron chi connectivity index (χ1n) is 6.69. The van der Waals surface area contributed by atoms with Crippen LogP contribution in [-0.2, 0) is 9.59 Å². The molecule has 0 aliphatic heterocycles. The van der Waals surface area contributed by atoms with Crippen LogP contribution < -0.4 is 0 Å². The molecule has 0 bridgehead atoms. The standard InChI is InChI=1S/C14H24O4/c1-8(2)11-7-10(12(15)16)5-6-14(11,9(3)4)13(17)18/h8-11H,5-7H2,1-4H3,(H,15,16)(H,17,18). The molecule has 0 radical (unpaired) electrons. The highest BCUT2D eigenvalue weighted by molar-refractivity contribution is 5.77. The van der Waals surface area contributed by atoms with Crippen LogP contribution in [0.5, 0.6) is 0 Å². The number of aliphatic carboxylic acids is 2. The number of carboxylic acids is 2. The summed E-state index contributed by atoms with van der Waals surface area (Å²) in [6.45, 7) is 7.86. The van der Waals surface area contributed by atoms with E-state index < -0.39 is 17.4 Å². The summed E-state index contributed by atoms with van der Waals surface area (Å²) >= 11 is 0. The lowest BCUT2D eigenvalue weighted by Gasteiger charge is -2.47. The smallest absolute Gasteiger partial charge is 0.310 e. The van der Waals surface area contributed by atoms with Crippen molar-refractivity contribution >= 4 is 11.9 Å². The molecule has 4 heteroatoms. The summed E-state index contributed by atoms with van der Waals surface area (Å²) < 4.78 is 0. The Kier molecular flexibility index (Phi) is 4.41. The molecule has 1 fully saturated rings. The Labute approximate surface area is 108 Å². The van der Waals surface area contributed by atoms with Gasteiger partial charge in [0, 0.05) is 0 Å². The average Bonchev–Trinajstić information content (AvgIpc) is 2.26. The number of hydrogen-bond acceptors (Lipinski definition) is 2. The summed E-state index contributed by atoms with van der Waals surface area (Å²) in [5, 5.41) is 18.8. The van der Waals surface area contributed by atoms with Crippen molar-refractivity contribution < 1.29 is 19.8 Å². The highest BCUT2D eigenvalue weighted by Gasteiger charge is 2.53. The maximum absolute atomic E-state index is 11.8. The Morgan fingerprint density at radius 1 is 1.17 bits per heavy atom. The fourth-order valence-corrected chi connectivity index (χ4v) is 3.55. The van der Waals surface area contributed by atoms with Crippen molar-refractivity contribution in [2.24, 2.45) is 29.1 Å². The van der Waals surface area contributed by atoms with Gasteiger partial charge in [0.05, 0.1) is 11.3 Å². The van der Waals surface area contributed by atoms with Crippen molar-refractivity contribution in [2.45, 2.75) is 47.0 Å². The SMILES string of the molecule is CC(C)C1CC(C(=O)O)CCC1(C(=O)O)C(C)C. The quantitative estimate of drug-likeness (QED) is 0.811. The van der Waals surface area contributed by atoms with E-state index in [1.54, 1.807) is 0 Å². The monoisotopic (exact) mass is 256 g/mol. The van der Waals surface area contributed by atoms with E-state index in [2.05, 4.69) is 0 Å². The molecule has 1 aliphatic rings. The summed E-state index contributed by atoms with van der Waals surface area (Å²) in [6, 6.07) is 0. The van der Waals surface area contributed by atoms with E-state index in [1.807, 2.05) is 27.7 Å². The van der Waals surface area contributed by atoms with Crippen LogP contribution in [0.25, 0.3) is 0 Å². The molecule has 0 amide bonds. The minimum absolute atomic E-state index is 0.0251. The molecule has 2 N–H and O–H groups in total. The Hall–Kier alpha value is -1.06. The second-order valence-electron chi connectivity index (χ2n) is 6.16. The van der Waals surface area contributed by atoms with Gasteiger partial charge in [-0.1, -0.05) is 27.7 Å². The van der Waals surface area contributed by atoms with Crippen LogP contribution in [0.2, 0.25) is 0 Å². The number of carboxylic acid groups (broad SMARTS) is 2. The van der Waals surface area contributed by atoms with Gasteiger partial charge < -0.3 is 10.2 Å². The molecule has 0 spiro atoms. The van der Waals surface area contributed by atoms with Gasteiger partial charge >= 0.3 is 11.9 Å². The highest BCUT2D eigenvalue weighted by atomic mass is 16.4. The molecular formula is C14H24O4. The zero-order chi connectivity index (χ0) is 14.1. The van der Waals surface area contributed by atoms with E-state index >= 15 is 0 Å². The molecule has 0 aromatic heterocycles. The molecule has 3 unspecified atom stereocenters. The van der Waals surface area contributed by atoms with Crippen LogP contribution in [0.1, 0.15) is 47.0 Å². The van der Waals surface area contributed by atoms with E-state index in [4.69, 9.17) is 5.11 Å². The maximum atomic E-state index is 11.8. The van der Waals surface area contributed by atoms with Gasteiger partial charge in [-0.05, 0) is 37.0 Å². The molecule has 0 heterocycles. The van der Waals surface area contributed by atoms with Crippen LogP contribution in [-0.4, -0.2) is 22.2 Å². The first-order valence-corrected chi connectivity index (χ1v) is 6.69. The summed E-state index contributed by atoms with van der Waals surface area (Å²) in [4.78, 5) is 22.9. The molecule has 0 aromatic rings. The third kappa shape index (κ3) is 2.38. The first kappa shape index (κ1) is 15.0. The van der Waals surface area contributed by atoms with E-state index in [1.165, 1.54) is 0 Å². The fraction of sp³-hybridized carbons (Fsp3) is 0.857. The largest absolute Gasteiger partial charge is 0.481 e. The Morgan fingerprint density at radius 3 is 2.06 bits per heavy atom. The van der Waals surface area contributed by atoms with E-state index in [-0.39, 0.29) is 23.7 Å². The van der Waals surface area contributed by atoms with Crippen molar-refractivity contribution in [1.29, 1.82) is 0 Å². The molecule has 0 saturated heterocycles. The zero-order valence-corrected chi connectivity index (χ0v) is 11.6.